The summed E-state index contributed by atoms with van der Waals surface area (Å²) in [5, 5.41) is 10.7. The van der Waals surface area contributed by atoms with Crippen LogP contribution in [-0.4, -0.2) is 28.3 Å². The van der Waals surface area contributed by atoms with Crippen LogP contribution in [0.1, 0.15) is 44.6 Å². The molecule has 6 heteroatoms. The van der Waals surface area contributed by atoms with Crippen molar-refractivity contribution in [2.24, 2.45) is 0 Å². The number of rotatable bonds is 5. The van der Waals surface area contributed by atoms with E-state index >= 15 is 0 Å². The summed E-state index contributed by atoms with van der Waals surface area (Å²) in [6, 6.07) is 15.9. The molecule has 2 aromatic carbocycles. The summed E-state index contributed by atoms with van der Waals surface area (Å²) in [5.41, 5.74) is 2.86. The van der Waals surface area contributed by atoms with Crippen molar-refractivity contribution >= 4 is 17.3 Å². The first-order chi connectivity index (χ1) is 14.3. The number of aryl methyl sites for hydroxylation is 1. The third-order valence-electron chi connectivity index (χ3n) is 4.79. The van der Waals surface area contributed by atoms with Crippen molar-refractivity contribution < 1.29 is 19.4 Å². The number of benzene rings is 2. The lowest BCUT2D eigenvalue weighted by molar-refractivity contribution is -0.161. The van der Waals surface area contributed by atoms with Gasteiger partial charge in [0.05, 0.1) is 17.1 Å². The highest BCUT2D eigenvalue weighted by Gasteiger charge is 2.32. The fourth-order valence-electron chi connectivity index (χ4n) is 3.50. The molecule has 4 rings (SSSR count). The van der Waals surface area contributed by atoms with Gasteiger partial charge >= 0.3 is 5.97 Å². The Morgan fingerprint density at radius 1 is 1.17 bits per heavy atom. The second-order valence-electron chi connectivity index (χ2n) is 8.32. The SMILES string of the molecule is CC(C)(C)OC(C(=O)O)c1nc(-c2ccccc2)sc1-c1ccc2c(c1)CCCO2. The van der Waals surface area contributed by atoms with Crippen LogP contribution in [0, 0.1) is 0 Å². The normalized spacial score (nSPS) is 14.6. The Labute approximate surface area is 180 Å². The maximum atomic E-state index is 12.2. The van der Waals surface area contributed by atoms with E-state index in [1.807, 2.05) is 63.2 Å². The summed E-state index contributed by atoms with van der Waals surface area (Å²) in [7, 11) is 0. The van der Waals surface area contributed by atoms with Gasteiger partial charge in [-0.15, -0.1) is 11.3 Å². The van der Waals surface area contributed by atoms with Crippen LogP contribution in [0.5, 0.6) is 5.75 Å². The first kappa shape index (κ1) is 20.6. The summed E-state index contributed by atoms with van der Waals surface area (Å²) in [6.07, 6.45) is 0.775. The lowest BCUT2D eigenvalue weighted by atomic mass is 10.0. The molecule has 0 amide bonds. The van der Waals surface area contributed by atoms with E-state index in [0.717, 1.165) is 51.8 Å². The third kappa shape index (κ3) is 4.40. The Kier molecular flexibility index (Phi) is 5.62. The number of ether oxygens (including phenoxy) is 2. The molecule has 0 bridgehead atoms. The Bertz CT molecular complexity index is 1050. The van der Waals surface area contributed by atoms with E-state index in [-0.39, 0.29) is 0 Å². The van der Waals surface area contributed by atoms with Gasteiger partial charge in [0.2, 0.25) is 0 Å². The fraction of sp³-hybridized carbons (Fsp3) is 0.333. The topological polar surface area (TPSA) is 68.7 Å². The number of aliphatic carboxylic acids is 1. The van der Waals surface area contributed by atoms with Crippen LogP contribution in [0.3, 0.4) is 0 Å². The largest absolute Gasteiger partial charge is 0.493 e. The average Bonchev–Trinajstić information content (AvgIpc) is 3.16. The van der Waals surface area contributed by atoms with Gasteiger partial charge in [-0.1, -0.05) is 30.3 Å². The van der Waals surface area contributed by atoms with E-state index < -0.39 is 17.7 Å². The van der Waals surface area contributed by atoms with Crippen molar-refractivity contribution in [2.45, 2.75) is 45.3 Å². The number of hydrogen-bond donors (Lipinski definition) is 1. The number of carboxylic acids is 1. The number of carbonyl (C=O) groups is 1. The molecule has 2 heterocycles. The predicted molar refractivity (Wildman–Crippen MR) is 118 cm³/mol. The van der Waals surface area contributed by atoms with E-state index in [9.17, 15) is 9.90 Å². The molecule has 1 aliphatic rings. The van der Waals surface area contributed by atoms with Crippen LogP contribution in [0.25, 0.3) is 21.0 Å². The molecular weight excluding hydrogens is 398 g/mol. The lowest BCUT2D eigenvalue weighted by Crippen LogP contribution is -2.27. The van der Waals surface area contributed by atoms with E-state index in [4.69, 9.17) is 14.5 Å². The Balaban J connectivity index is 1.85. The minimum Gasteiger partial charge on any atom is -0.493 e. The number of hydrogen-bond acceptors (Lipinski definition) is 5. The molecule has 1 aliphatic heterocycles. The van der Waals surface area contributed by atoms with Gasteiger partial charge in [0.25, 0.3) is 0 Å². The fourth-order valence-corrected chi connectivity index (χ4v) is 4.59. The van der Waals surface area contributed by atoms with Gasteiger partial charge in [-0.2, -0.15) is 0 Å². The van der Waals surface area contributed by atoms with Gasteiger partial charge in [-0.05, 0) is 62.9 Å². The lowest BCUT2D eigenvalue weighted by Gasteiger charge is -2.24. The molecule has 0 radical (unpaired) electrons. The van der Waals surface area contributed by atoms with E-state index in [0.29, 0.717) is 5.69 Å². The van der Waals surface area contributed by atoms with Gasteiger partial charge in [0, 0.05) is 5.56 Å². The van der Waals surface area contributed by atoms with Crippen molar-refractivity contribution in [3.63, 3.8) is 0 Å². The standard InChI is InChI=1S/C24H25NO4S/c1-24(2,3)29-20(23(26)27)19-21(30-22(25-19)15-8-5-4-6-9-15)17-11-12-18-16(14-17)10-7-13-28-18/h4-6,8-9,11-12,14,20H,7,10,13H2,1-3H3,(H,26,27). The quantitative estimate of drug-likeness (QED) is 0.566. The number of nitrogens with zero attached hydrogens (tertiary/aromatic N) is 1. The van der Waals surface area contributed by atoms with Gasteiger partial charge in [0.1, 0.15) is 16.5 Å². The maximum absolute atomic E-state index is 12.2. The van der Waals surface area contributed by atoms with Crippen LogP contribution in [-0.2, 0) is 16.0 Å². The van der Waals surface area contributed by atoms with Crippen molar-refractivity contribution in [1.29, 1.82) is 0 Å². The molecule has 3 aromatic rings. The molecule has 5 nitrogen and oxygen atoms in total. The van der Waals surface area contributed by atoms with Crippen molar-refractivity contribution in [3.05, 3.63) is 59.8 Å². The molecule has 1 N–H and O–H groups in total. The maximum Gasteiger partial charge on any atom is 0.339 e. The van der Waals surface area contributed by atoms with E-state index in [1.54, 1.807) is 0 Å². The molecule has 0 aliphatic carbocycles. The Morgan fingerprint density at radius 3 is 2.63 bits per heavy atom. The highest BCUT2D eigenvalue weighted by Crippen LogP contribution is 2.42. The van der Waals surface area contributed by atoms with Crippen LogP contribution < -0.4 is 4.74 Å². The van der Waals surface area contributed by atoms with Gasteiger partial charge in [-0.3, -0.25) is 0 Å². The first-order valence-corrected chi connectivity index (χ1v) is 10.9. The number of aromatic nitrogens is 1. The zero-order chi connectivity index (χ0) is 21.3. The first-order valence-electron chi connectivity index (χ1n) is 10.0. The Hall–Kier alpha value is -2.70. The van der Waals surface area contributed by atoms with Crippen molar-refractivity contribution in [2.75, 3.05) is 6.61 Å². The second-order valence-corrected chi connectivity index (χ2v) is 9.32. The van der Waals surface area contributed by atoms with Gasteiger partial charge in [0.15, 0.2) is 6.10 Å². The highest BCUT2D eigenvalue weighted by molar-refractivity contribution is 7.18. The molecule has 0 spiro atoms. The summed E-state index contributed by atoms with van der Waals surface area (Å²) in [6.45, 7) is 6.28. The third-order valence-corrected chi connectivity index (χ3v) is 5.96. The minimum absolute atomic E-state index is 0.443. The predicted octanol–water partition coefficient (Wildman–Crippen LogP) is 5.74. The van der Waals surface area contributed by atoms with E-state index in [2.05, 4.69) is 6.07 Å². The highest BCUT2D eigenvalue weighted by atomic mass is 32.1. The molecule has 1 atom stereocenters. The molecule has 1 aromatic heterocycles. The summed E-state index contributed by atoms with van der Waals surface area (Å²) < 4.78 is 11.7. The monoisotopic (exact) mass is 423 g/mol. The summed E-state index contributed by atoms with van der Waals surface area (Å²) >= 11 is 1.49. The van der Waals surface area contributed by atoms with Crippen molar-refractivity contribution in [3.8, 4) is 26.8 Å². The summed E-state index contributed by atoms with van der Waals surface area (Å²) in [4.78, 5) is 17.7. The summed E-state index contributed by atoms with van der Waals surface area (Å²) in [5.74, 6) is -0.141. The van der Waals surface area contributed by atoms with Gasteiger partial charge in [-0.25, -0.2) is 9.78 Å². The Morgan fingerprint density at radius 2 is 1.93 bits per heavy atom. The molecule has 30 heavy (non-hydrogen) atoms. The van der Waals surface area contributed by atoms with Crippen LogP contribution in [0.4, 0.5) is 0 Å². The van der Waals surface area contributed by atoms with Gasteiger partial charge < -0.3 is 14.6 Å². The van der Waals surface area contributed by atoms with Crippen LogP contribution in [0.2, 0.25) is 0 Å². The molecule has 0 saturated carbocycles. The molecular formula is C24H25NO4S. The number of fused-ring (bicyclic) bond motifs is 1. The average molecular weight is 424 g/mol. The zero-order valence-corrected chi connectivity index (χ0v) is 18.2. The smallest absolute Gasteiger partial charge is 0.339 e. The number of carboxylic acid groups (broad SMARTS) is 1. The second kappa shape index (κ2) is 8.20. The van der Waals surface area contributed by atoms with Crippen LogP contribution >= 0.6 is 11.3 Å². The zero-order valence-electron chi connectivity index (χ0n) is 17.3. The number of thiazole rings is 1. The van der Waals surface area contributed by atoms with E-state index in [1.165, 1.54) is 11.3 Å². The molecule has 0 saturated heterocycles. The molecule has 0 fully saturated rings. The van der Waals surface area contributed by atoms with Crippen molar-refractivity contribution in [1.82, 2.24) is 4.98 Å². The minimum atomic E-state index is -1.15. The molecule has 1 unspecified atom stereocenters. The molecule has 156 valence electrons. The van der Waals surface area contributed by atoms with Crippen LogP contribution in [0.15, 0.2) is 48.5 Å².